The highest BCUT2D eigenvalue weighted by molar-refractivity contribution is 7.18. The Kier molecular flexibility index (Phi) is 6.13. The molecule has 0 spiro atoms. The number of benzene rings is 2. The third-order valence-corrected chi connectivity index (χ3v) is 5.34. The fourth-order valence-electron chi connectivity index (χ4n) is 2.88. The fraction of sp³-hybridized carbons (Fsp3) is 0.190. The normalized spacial score (nSPS) is 10.6. The van der Waals surface area contributed by atoms with Gasteiger partial charge < -0.3 is 20.5 Å². The molecule has 150 valence electrons. The lowest BCUT2D eigenvalue weighted by Crippen LogP contribution is -2.19. The highest BCUT2D eigenvalue weighted by atomic mass is 32.1. The van der Waals surface area contributed by atoms with Crippen LogP contribution in [0.15, 0.2) is 42.5 Å². The first-order valence-corrected chi connectivity index (χ1v) is 9.74. The highest BCUT2D eigenvalue weighted by Crippen LogP contribution is 2.32. The monoisotopic (exact) mass is 412 g/mol. The molecule has 0 radical (unpaired) electrons. The van der Waals surface area contributed by atoms with Crippen LogP contribution in [0.3, 0.4) is 0 Å². The summed E-state index contributed by atoms with van der Waals surface area (Å²) in [6.07, 6.45) is 0. The van der Waals surface area contributed by atoms with Gasteiger partial charge >= 0.3 is 11.9 Å². The number of rotatable bonds is 6. The number of hydrogen-bond acceptors (Lipinski definition) is 7. The zero-order valence-electron chi connectivity index (χ0n) is 16.0. The highest BCUT2D eigenvalue weighted by Gasteiger charge is 2.27. The second-order valence-corrected chi connectivity index (χ2v) is 7.14. The molecule has 3 aromatic rings. The number of anilines is 1. The quantitative estimate of drug-likeness (QED) is 0.601. The smallest absolute Gasteiger partial charge is 0.341 e. The Bertz CT molecular complexity index is 1090. The van der Waals surface area contributed by atoms with E-state index in [0.29, 0.717) is 5.56 Å². The second kappa shape index (κ2) is 8.74. The zero-order valence-corrected chi connectivity index (χ0v) is 16.8. The summed E-state index contributed by atoms with van der Waals surface area (Å²) in [4.78, 5) is 37.3. The summed E-state index contributed by atoms with van der Waals surface area (Å²) in [6.45, 7) is 1.54. The fourth-order valence-corrected chi connectivity index (χ4v) is 3.89. The van der Waals surface area contributed by atoms with E-state index in [4.69, 9.17) is 15.2 Å². The molecule has 1 aromatic heterocycles. The maximum atomic E-state index is 12.6. The molecule has 0 aliphatic rings. The summed E-state index contributed by atoms with van der Waals surface area (Å²) in [5, 5.41) is 4.54. The Labute approximate surface area is 171 Å². The predicted molar refractivity (Wildman–Crippen MR) is 111 cm³/mol. The molecule has 2 aromatic carbocycles. The van der Waals surface area contributed by atoms with E-state index in [1.807, 2.05) is 30.3 Å². The number of ether oxygens (including phenoxy) is 2. The van der Waals surface area contributed by atoms with Crippen molar-refractivity contribution in [2.45, 2.75) is 13.5 Å². The number of esters is 2. The minimum absolute atomic E-state index is 0.0572. The van der Waals surface area contributed by atoms with Crippen molar-refractivity contribution in [3.63, 3.8) is 0 Å². The Morgan fingerprint density at radius 1 is 1.03 bits per heavy atom. The molecule has 7 nitrogen and oxygen atoms in total. The number of thiophene rings is 1. The summed E-state index contributed by atoms with van der Waals surface area (Å²) >= 11 is 0.951. The summed E-state index contributed by atoms with van der Waals surface area (Å²) < 4.78 is 10.4. The lowest BCUT2D eigenvalue weighted by molar-refractivity contribution is 0.0450. The van der Waals surface area contributed by atoms with Crippen molar-refractivity contribution in [2.24, 2.45) is 0 Å². The maximum Gasteiger partial charge on any atom is 0.341 e. The van der Waals surface area contributed by atoms with E-state index in [1.165, 1.54) is 7.05 Å². The van der Waals surface area contributed by atoms with Gasteiger partial charge in [-0.2, -0.15) is 0 Å². The summed E-state index contributed by atoms with van der Waals surface area (Å²) in [7, 11) is 1.47. The van der Waals surface area contributed by atoms with Gasteiger partial charge in [0.25, 0.3) is 5.91 Å². The van der Waals surface area contributed by atoms with Crippen LogP contribution >= 0.6 is 11.3 Å². The molecule has 0 bridgehead atoms. The largest absolute Gasteiger partial charge is 0.462 e. The van der Waals surface area contributed by atoms with E-state index < -0.39 is 17.8 Å². The van der Waals surface area contributed by atoms with Crippen molar-refractivity contribution in [3.8, 4) is 0 Å². The molecule has 3 N–H and O–H groups in total. The molecule has 0 aliphatic carbocycles. The van der Waals surface area contributed by atoms with Gasteiger partial charge in [-0.1, -0.05) is 30.3 Å². The van der Waals surface area contributed by atoms with Crippen LogP contribution in [0, 0.1) is 0 Å². The van der Waals surface area contributed by atoms with E-state index in [1.54, 1.807) is 19.1 Å². The van der Waals surface area contributed by atoms with E-state index in [9.17, 15) is 14.4 Å². The first kappa shape index (κ1) is 20.3. The number of nitrogens with one attached hydrogen (secondary N) is 1. The van der Waals surface area contributed by atoms with Gasteiger partial charge in [-0.15, -0.1) is 11.3 Å². The lowest BCUT2D eigenvalue weighted by Gasteiger charge is -2.09. The van der Waals surface area contributed by atoms with Gasteiger partial charge in [0.1, 0.15) is 22.0 Å². The first-order chi connectivity index (χ1) is 14.0. The Hall–Kier alpha value is -3.39. The van der Waals surface area contributed by atoms with E-state index in [0.717, 1.165) is 22.1 Å². The van der Waals surface area contributed by atoms with Gasteiger partial charge in [0.15, 0.2) is 0 Å². The molecule has 0 saturated heterocycles. The summed E-state index contributed by atoms with van der Waals surface area (Å²) in [5.41, 5.74) is 6.60. The van der Waals surface area contributed by atoms with Crippen LogP contribution in [0.25, 0.3) is 10.8 Å². The Morgan fingerprint density at radius 2 is 1.76 bits per heavy atom. The van der Waals surface area contributed by atoms with Crippen LogP contribution in [-0.4, -0.2) is 31.5 Å². The number of carbonyl (C=O) groups excluding carboxylic acids is 3. The summed E-state index contributed by atoms with van der Waals surface area (Å²) in [6, 6.07) is 12.9. The Balaban J connectivity index is 1.88. The van der Waals surface area contributed by atoms with E-state index >= 15 is 0 Å². The van der Waals surface area contributed by atoms with Crippen molar-refractivity contribution in [1.29, 1.82) is 0 Å². The molecule has 0 saturated carbocycles. The number of hydrogen-bond donors (Lipinski definition) is 2. The van der Waals surface area contributed by atoms with Gasteiger partial charge in [-0.25, -0.2) is 9.59 Å². The van der Waals surface area contributed by atoms with Crippen LogP contribution in [0.2, 0.25) is 0 Å². The van der Waals surface area contributed by atoms with Crippen molar-refractivity contribution >= 4 is 45.0 Å². The van der Waals surface area contributed by atoms with Gasteiger partial charge in [0, 0.05) is 12.6 Å². The third kappa shape index (κ3) is 4.22. The number of nitrogen functional groups attached to an aromatic ring is 1. The second-order valence-electron chi connectivity index (χ2n) is 6.09. The molecule has 1 heterocycles. The minimum Gasteiger partial charge on any atom is -0.462 e. The van der Waals surface area contributed by atoms with Crippen molar-refractivity contribution in [2.75, 3.05) is 19.4 Å². The third-order valence-electron chi connectivity index (χ3n) is 4.28. The SMILES string of the molecule is CCOC(=O)c1c(N)sc(C(=O)NC)c1COC(=O)c1ccc2ccccc2c1. The lowest BCUT2D eigenvalue weighted by atomic mass is 10.1. The van der Waals surface area contributed by atoms with Crippen molar-refractivity contribution in [1.82, 2.24) is 5.32 Å². The Morgan fingerprint density at radius 3 is 2.45 bits per heavy atom. The maximum absolute atomic E-state index is 12.6. The van der Waals surface area contributed by atoms with Crippen LogP contribution in [-0.2, 0) is 16.1 Å². The molecule has 0 unspecified atom stereocenters. The number of fused-ring (bicyclic) bond motifs is 1. The number of nitrogens with two attached hydrogens (primary N) is 1. The topological polar surface area (TPSA) is 108 Å². The van der Waals surface area contributed by atoms with Crippen LogP contribution in [0.5, 0.6) is 0 Å². The zero-order chi connectivity index (χ0) is 21.0. The minimum atomic E-state index is -0.659. The molecule has 29 heavy (non-hydrogen) atoms. The standard InChI is InChI=1S/C21H20N2O5S/c1-3-27-21(26)16-15(17(19(24)23-2)29-18(16)22)11-28-20(25)14-9-8-12-6-4-5-7-13(12)10-14/h4-10H,3,11,22H2,1-2H3,(H,23,24). The van der Waals surface area contributed by atoms with Crippen LogP contribution in [0.4, 0.5) is 5.00 Å². The molecular formula is C21H20N2O5S. The summed E-state index contributed by atoms with van der Waals surface area (Å²) in [5.74, 6) is -1.65. The number of carbonyl (C=O) groups is 3. The van der Waals surface area contributed by atoms with Gasteiger partial charge in [-0.05, 0) is 29.8 Å². The van der Waals surface area contributed by atoms with Crippen LogP contribution in [0.1, 0.15) is 42.9 Å². The average Bonchev–Trinajstić information content (AvgIpc) is 3.07. The van der Waals surface area contributed by atoms with Gasteiger partial charge in [-0.3, -0.25) is 4.79 Å². The van der Waals surface area contributed by atoms with Crippen molar-refractivity contribution in [3.05, 3.63) is 64.0 Å². The predicted octanol–water partition coefficient (Wildman–Crippen LogP) is 3.38. The van der Waals surface area contributed by atoms with E-state index in [2.05, 4.69) is 5.32 Å². The molecule has 3 rings (SSSR count). The van der Waals surface area contributed by atoms with Crippen molar-refractivity contribution < 1.29 is 23.9 Å². The number of amides is 1. The molecule has 1 amide bonds. The molecule has 0 fully saturated rings. The van der Waals surface area contributed by atoms with Gasteiger partial charge in [0.2, 0.25) is 0 Å². The van der Waals surface area contributed by atoms with Gasteiger partial charge in [0.05, 0.1) is 12.2 Å². The average molecular weight is 412 g/mol. The molecular weight excluding hydrogens is 392 g/mol. The molecule has 0 atom stereocenters. The first-order valence-electron chi connectivity index (χ1n) is 8.92. The molecule has 8 heteroatoms. The van der Waals surface area contributed by atoms with E-state index in [-0.39, 0.29) is 34.2 Å². The molecule has 0 aliphatic heterocycles. The van der Waals surface area contributed by atoms with Crippen LogP contribution < -0.4 is 11.1 Å².